The third kappa shape index (κ3) is 2.25. The van der Waals surface area contributed by atoms with Crippen LogP contribution in [0.5, 0.6) is 0 Å². The predicted octanol–water partition coefficient (Wildman–Crippen LogP) is 1.86. The normalized spacial score (nSPS) is 34.2. The van der Waals surface area contributed by atoms with Crippen LogP contribution in [0.3, 0.4) is 0 Å². The lowest BCUT2D eigenvalue weighted by atomic mass is 9.86. The van der Waals surface area contributed by atoms with Gasteiger partial charge in [0.05, 0.1) is 0 Å². The van der Waals surface area contributed by atoms with Crippen LogP contribution in [0.4, 0.5) is 4.39 Å². The summed E-state index contributed by atoms with van der Waals surface area (Å²) in [5.41, 5.74) is 5.38. The van der Waals surface area contributed by atoms with Crippen LogP contribution in [0.25, 0.3) is 0 Å². The average molecular weight is 145 g/mol. The first kappa shape index (κ1) is 7.99. The van der Waals surface area contributed by atoms with Crippen LogP contribution in [0.2, 0.25) is 0 Å². The van der Waals surface area contributed by atoms with E-state index in [-0.39, 0.29) is 0 Å². The van der Waals surface area contributed by atoms with Crippen LogP contribution in [0, 0.1) is 5.92 Å². The van der Waals surface area contributed by atoms with Gasteiger partial charge in [-0.15, -0.1) is 0 Å². The zero-order chi connectivity index (χ0) is 7.40. The Morgan fingerprint density at radius 1 is 1.40 bits per heavy atom. The van der Waals surface area contributed by atoms with Gasteiger partial charge in [0.15, 0.2) is 0 Å². The molecule has 2 N–H and O–H groups in total. The van der Waals surface area contributed by atoms with Crippen LogP contribution in [0.15, 0.2) is 0 Å². The highest BCUT2D eigenvalue weighted by atomic mass is 19.1. The number of rotatable bonds is 2. The van der Waals surface area contributed by atoms with Gasteiger partial charge >= 0.3 is 0 Å². The molecule has 0 aromatic heterocycles. The second kappa shape index (κ2) is 3.91. The van der Waals surface area contributed by atoms with Gasteiger partial charge in [0.25, 0.3) is 0 Å². The van der Waals surface area contributed by atoms with Crippen molar-refractivity contribution in [1.82, 2.24) is 0 Å². The molecule has 1 saturated carbocycles. The second-order valence-electron chi connectivity index (χ2n) is 3.21. The Morgan fingerprint density at radius 2 is 2.20 bits per heavy atom. The summed E-state index contributed by atoms with van der Waals surface area (Å²) >= 11 is 0. The number of halogens is 1. The van der Waals surface area contributed by atoms with Gasteiger partial charge in [0.1, 0.15) is 6.17 Å². The number of alkyl halides is 1. The third-order valence-corrected chi connectivity index (χ3v) is 2.29. The highest BCUT2D eigenvalue weighted by Gasteiger charge is 2.20. The molecule has 0 radical (unpaired) electrons. The molecule has 1 rings (SSSR count). The number of nitrogens with two attached hydrogens (primary N) is 1. The van der Waals surface area contributed by atoms with Gasteiger partial charge in [-0.2, -0.15) is 0 Å². The molecule has 10 heavy (non-hydrogen) atoms. The van der Waals surface area contributed by atoms with Crippen molar-refractivity contribution in [3.8, 4) is 0 Å². The van der Waals surface area contributed by atoms with Crippen molar-refractivity contribution in [2.45, 2.75) is 38.3 Å². The fraction of sp³-hybridized carbons (Fsp3) is 1.00. The first-order valence-electron chi connectivity index (χ1n) is 4.17. The Hall–Kier alpha value is -0.110. The topological polar surface area (TPSA) is 26.0 Å². The minimum absolute atomic E-state index is 0.537. The molecule has 0 amide bonds. The third-order valence-electron chi connectivity index (χ3n) is 2.29. The monoisotopic (exact) mass is 145 g/mol. The second-order valence-corrected chi connectivity index (χ2v) is 3.21. The van der Waals surface area contributed by atoms with E-state index in [2.05, 4.69) is 0 Å². The van der Waals surface area contributed by atoms with Crippen molar-refractivity contribution >= 4 is 0 Å². The number of hydrogen-bond donors (Lipinski definition) is 1. The largest absolute Gasteiger partial charge is 0.330 e. The fourth-order valence-corrected chi connectivity index (χ4v) is 1.72. The van der Waals surface area contributed by atoms with E-state index in [1.807, 2.05) is 0 Å². The summed E-state index contributed by atoms with van der Waals surface area (Å²) in [6.07, 6.45) is 4.27. The maximum absolute atomic E-state index is 12.7. The lowest BCUT2D eigenvalue weighted by Crippen LogP contribution is -2.18. The molecule has 1 fully saturated rings. The SMILES string of the molecule is NCCC1CCCC(F)C1. The molecule has 60 valence electrons. The molecule has 0 aliphatic heterocycles. The fourth-order valence-electron chi connectivity index (χ4n) is 1.72. The van der Waals surface area contributed by atoms with E-state index in [4.69, 9.17) is 5.73 Å². The van der Waals surface area contributed by atoms with Crippen molar-refractivity contribution < 1.29 is 4.39 Å². The van der Waals surface area contributed by atoms with Gasteiger partial charge in [-0.05, 0) is 31.7 Å². The van der Waals surface area contributed by atoms with Crippen LogP contribution < -0.4 is 5.73 Å². The zero-order valence-electron chi connectivity index (χ0n) is 6.35. The van der Waals surface area contributed by atoms with Crippen molar-refractivity contribution in [3.63, 3.8) is 0 Å². The average Bonchev–Trinajstić information content (AvgIpc) is 1.88. The molecule has 1 aliphatic carbocycles. The van der Waals surface area contributed by atoms with Gasteiger partial charge < -0.3 is 5.73 Å². The summed E-state index contributed by atoms with van der Waals surface area (Å²) in [7, 11) is 0. The molecular weight excluding hydrogens is 129 g/mol. The van der Waals surface area contributed by atoms with E-state index in [0.29, 0.717) is 5.92 Å². The zero-order valence-corrected chi connectivity index (χ0v) is 6.35. The predicted molar refractivity (Wildman–Crippen MR) is 40.5 cm³/mol. The molecular formula is C8H16FN. The van der Waals surface area contributed by atoms with E-state index < -0.39 is 6.17 Å². The first-order valence-corrected chi connectivity index (χ1v) is 4.17. The van der Waals surface area contributed by atoms with Gasteiger partial charge in [-0.25, -0.2) is 4.39 Å². The first-order chi connectivity index (χ1) is 4.83. The van der Waals surface area contributed by atoms with Crippen LogP contribution in [-0.2, 0) is 0 Å². The Morgan fingerprint density at radius 3 is 2.80 bits per heavy atom. The van der Waals surface area contributed by atoms with E-state index in [1.165, 1.54) is 6.42 Å². The summed E-state index contributed by atoms with van der Waals surface area (Å²) in [5.74, 6) is 0.578. The molecule has 0 spiro atoms. The molecule has 1 nitrogen and oxygen atoms in total. The van der Waals surface area contributed by atoms with E-state index in [9.17, 15) is 4.39 Å². The van der Waals surface area contributed by atoms with E-state index in [1.54, 1.807) is 0 Å². The molecule has 0 heterocycles. The minimum atomic E-state index is -0.537. The number of hydrogen-bond acceptors (Lipinski definition) is 1. The highest BCUT2D eigenvalue weighted by Crippen LogP contribution is 2.27. The standard InChI is InChI=1S/C8H16FN/c9-8-3-1-2-7(6-8)4-5-10/h7-8H,1-6,10H2. The summed E-state index contributed by atoms with van der Waals surface area (Å²) in [4.78, 5) is 0. The maximum atomic E-state index is 12.7. The molecule has 0 bridgehead atoms. The molecule has 0 saturated heterocycles. The lowest BCUT2D eigenvalue weighted by molar-refractivity contribution is 0.193. The smallest absolute Gasteiger partial charge is 0.100 e. The summed E-state index contributed by atoms with van der Waals surface area (Å²) in [6.45, 7) is 0.720. The molecule has 1 aliphatic rings. The Kier molecular flexibility index (Phi) is 3.13. The summed E-state index contributed by atoms with van der Waals surface area (Å²) in [5, 5.41) is 0. The van der Waals surface area contributed by atoms with Gasteiger partial charge in [-0.1, -0.05) is 12.8 Å². The van der Waals surface area contributed by atoms with Crippen LogP contribution in [0.1, 0.15) is 32.1 Å². The van der Waals surface area contributed by atoms with Gasteiger partial charge in [0, 0.05) is 0 Å². The van der Waals surface area contributed by atoms with Crippen LogP contribution >= 0.6 is 0 Å². The van der Waals surface area contributed by atoms with Crippen molar-refractivity contribution in [1.29, 1.82) is 0 Å². The lowest BCUT2D eigenvalue weighted by Gasteiger charge is -2.23. The van der Waals surface area contributed by atoms with Crippen molar-refractivity contribution in [2.24, 2.45) is 11.7 Å². The maximum Gasteiger partial charge on any atom is 0.100 e. The van der Waals surface area contributed by atoms with Crippen molar-refractivity contribution in [2.75, 3.05) is 6.54 Å². The Balaban J connectivity index is 2.18. The summed E-state index contributed by atoms with van der Waals surface area (Å²) in [6, 6.07) is 0. The molecule has 0 aromatic rings. The van der Waals surface area contributed by atoms with Crippen LogP contribution in [-0.4, -0.2) is 12.7 Å². The van der Waals surface area contributed by atoms with Gasteiger partial charge in [-0.3, -0.25) is 0 Å². The van der Waals surface area contributed by atoms with Crippen molar-refractivity contribution in [3.05, 3.63) is 0 Å². The molecule has 2 heteroatoms. The molecule has 0 aromatic carbocycles. The summed E-state index contributed by atoms with van der Waals surface area (Å²) < 4.78 is 12.7. The highest BCUT2D eigenvalue weighted by molar-refractivity contribution is 4.72. The van der Waals surface area contributed by atoms with Gasteiger partial charge in [0.2, 0.25) is 0 Å². The van der Waals surface area contributed by atoms with E-state index in [0.717, 1.165) is 32.2 Å². The van der Waals surface area contributed by atoms with E-state index >= 15 is 0 Å². The Bertz CT molecular complexity index is 93.3. The Labute approximate surface area is 61.8 Å². The quantitative estimate of drug-likeness (QED) is 0.630. The molecule has 2 atom stereocenters. The minimum Gasteiger partial charge on any atom is -0.330 e. The molecule has 2 unspecified atom stereocenters.